The number of hydrogen-bond acceptors (Lipinski definition) is 6. The van der Waals surface area contributed by atoms with E-state index in [2.05, 4.69) is 0 Å². The second-order valence-corrected chi connectivity index (χ2v) is 5.69. The molecule has 6 heteroatoms. The van der Waals surface area contributed by atoms with Crippen LogP contribution >= 0.6 is 0 Å². The van der Waals surface area contributed by atoms with Gasteiger partial charge >= 0.3 is 0 Å². The zero-order chi connectivity index (χ0) is 14.5. The monoisotopic (exact) mass is 281 g/mol. The van der Waals surface area contributed by atoms with Gasteiger partial charge in [0.15, 0.2) is 5.79 Å². The molecule has 0 bridgehead atoms. The Labute approximate surface area is 116 Å². The fraction of sp³-hybridized carbons (Fsp3) is 0.571. The molecule has 2 aliphatic rings. The number of hydrogen-bond donors (Lipinski definition) is 4. The van der Waals surface area contributed by atoms with Gasteiger partial charge in [-0.3, -0.25) is 0 Å². The van der Waals surface area contributed by atoms with Gasteiger partial charge in [0.1, 0.15) is 11.5 Å². The van der Waals surface area contributed by atoms with Crippen LogP contribution in [-0.2, 0) is 15.9 Å². The van der Waals surface area contributed by atoms with Crippen molar-refractivity contribution in [1.82, 2.24) is 0 Å². The number of aliphatic hydroxyl groups is 1. The fourth-order valence-corrected chi connectivity index (χ4v) is 3.18. The highest BCUT2D eigenvalue weighted by molar-refractivity contribution is 5.51. The minimum Gasteiger partial charge on any atom is -0.508 e. The van der Waals surface area contributed by atoms with Crippen LogP contribution in [0.5, 0.6) is 11.5 Å². The molecule has 0 aromatic heterocycles. The molecular formula is C14H19NO5. The van der Waals surface area contributed by atoms with Crippen molar-refractivity contribution in [2.75, 3.05) is 13.2 Å². The summed E-state index contributed by atoms with van der Waals surface area (Å²) in [5.41, 5.74) is 6.24. The first-order valence-corrected chi connectivity index (χ1v) is 6.65. The summed E-state index contributed by atoms with van der Waals surface area (Å²) < 4.78 is 11.2. The van der Waals surface area contributed by atoms with Crippen LogP contribution < -0.4 is 5.73 Å². The summed E-state index contributed by atoms with van der Waals surface area (Å²) >= 11 is 0. The number of aliphatic hydroxyl groups excluding tert-OH is 1. The molecule has 0 spiro atoms. The molecule has 0 radical (unpaired) electrons. The summed E-state index contributed by atoms with van der Waals surface area (Å²) in [6.45, 7) is 2.65. The van der Waals surface area contributed by atoms with Gasteiger partial charge in [0, 0.05) is 17.5 Å². The van der Waals surface area contributed by atoms with Crippen molar-refractivity contribution in [3.05, 3.63) is 23.3 Å². The molecule has 1 aromatic rings. The highest BCUT2D eigenvalue weighted by Crippen LogP contribution is 2.47. The molecule has 1 aliphatic heterocycles. The van der Waals surface area contributed by atoms with E-state index in [4.69, 9.17) is 15.2 Å². The fourth-order valence-electron chi connectivity index (χ4n) is 3.18. The number of fused-ring (bicyclic) bond motifs is 1. The smallest absolute Gasteiger partial charge is 0.184 e. The van der Waals surface area contributed by atoms with E-state index < -0.39 is 17.4 Å². The third-order valence-electron chi connectivity index (χ3n) is 4.44. The highest BCUT2D eigenvalue weighted by atomic mass is 16.7. The molecule has 1 aliphatic carbocycles. The lowest BCUT2D eigenvalue weighted by Crippen LogP contribution is -2.63. The van der Waals surface area contributed by atoms with Crippen LogP contribution in [0.2, 0.25) is 0 Å². The Morgan fingerprint density at radius 1 is 1.20 bits per heavy atom. The molecule has 20 heavy (non-hydrogen) atoms. The van der Waals surface area contributed by atoms with E-state index in [1.54, 1.807) is 6.92 Å². The Bertz CT molecular complexity index is 541. The molecule has 2 atom stereocenters. The molecule has 1 heterocycles. The van der Waals surface area contributed by atoms with Crippen LogP contribution in [0.4, 0.5) is 0 Å². The molecule has 110 valence electrons. The maximum absolute atomic E-state index is 10.3. The summed E-state index contributed by atoms with van der Waals surface area (Å²) in [6, 6.07) is 2.76. The molecular weight excluding hydrogens is 262 g/mol. The third-order valence-corrected chi connectivity index (χ3v) is 4.44. The number of phenols is 2. The maximum Gasteiger partial charge on any atom is 0.184 e. The van der Waals surface area contributed by atoms with Crippen LogP contribution in [0.1, 0.15) is 30.6 Å². The van der Waals surface area contributed by atoms with Gasteiger partial charge in [-0.05, 0) is 25.5 Å². The Hall–Kier alpha value is -1.34. The third kappa shape index (κ3) is 1.80. The number of aromatic hydroxyl groups is 2. The lowest BCUT2D eigenvalue weighted by Gasteiger charge is -2.46. The molecule has 0 amide bonds. The van der Waals surface area contributed by atoms with Crippen molar-refractivity contribution in [2.45, 2.75) is 37.2 Å². The van der Waals surface area contributed by atoms with E-state index in [9.17, 15) is 15.3 Å². The number of rotatable bonds is 1. The first-order chi connectivity index (χ1) is 9.36. The summed E-state index contributed by atoms with van der Waals surface area (Å²) in [4.78, 5) is 0. The quantitative estimate of drug-likeness (QED) is 0.560. The van der Waals surface area contributed by atoms with Gasteiger partial charge in [-0.1, -0.05) is 0 Å². The predicted molar refractivity (Wildman–Crippen MR) is 70.3 cm³/mol. The molecule has 1 aromatic carbocycles. The normalized spacial score (nSPS) is 32.0. The van der Waals surface area contributed by atoms with Crippen LogP contribution in [-0.4, -0.2) is 39.9 Å². The van der Waals surface area contributed by atoms with E-state index in [1.807, 2.05) is 0 Å². The van der Waals surface area contributed by atoms with Gasteiger partial charge in [-0.15, -0.1) is 0 Å². The lowest BCUT2D eigenvalue weighted by atomic mass is 9.72. The zero-order valence-corrected chi connectivity index (χ0v) is 11.3. The van der Waals surface area contributed by atoms with Gasteiger partial charge in [-0.25, -0.2) is 0 Å². The second kappa shape index (κ2) is 4.33. The van der Waals surface area contributed by atoms with Gasteiger partial charge in [0.05, 0.1) is 24.9 Å². The van der Waals surface area contributed by atoms with Crippen molar-refractivity contribution in [2.24, 2.45) is 5.73 Å². The largest absolute Gasteiger partial charge is 0.508 e. The van der Waals surface area contributed by atoms with E-state index in [0.29, 0.717) is 24.3 Å². The van der Waals surface area contributed by atoms with Gasteiger partial charge in [0.2, 0.25) is 0 Å². The molecule has 3 rings (SSSR count). The minimum atomic E-state index is -1.01. The van der Waals surface area contributed by atoms with E-state index in [0.717, 1.165) is 0 Å². The first kappa shape index (κ1) is 13.6. The Balaban J connectivity index is 2.06. The molecule has 1 saturated heterocycles. The van der Waals surface area contributed by atoms with Gasteiger partial charge < -0.3 is 30.5 Å². The number of benzene rings is 1. The molecule has 1 fully saturated rings. The first-order valence-electron chi connectivity index (χ1n) is 6.65. The molecule has 6 nitrogen and oxygen atoms in total. The van der Waals surface area contributed by atoms with Crippen molar-refractivity contribution in [3.8, 4) is 11.5 Å². The average Bonchev–Trinajstić information content (AvgIpc) is 2.82. The predicted octanol–water partition coefficient (Wildman–Crippen LogP) is 0.538. The Kier molecular flexibility index (Phi) is 2.95. The summed E-state index contributed by atoms with van der Waals surface area (Å²) in [6.07, 6.45) is -0.524. The van der Waals surface area contributed by atoms with Crippen molar-refractivity contribution in [1.29, 1.82) is 0 Å². The van der Waals surface area contributed by atoms with Crippen molar-refractivity contribution in [3.63, 3.8) is 0 Å². The Morgan fingerprint density at radius 3 is 2.45 bits per heavy atom. The standard InChI is InChI=1S/C14H19NO5/c1-13(19-4-5-20-13)14(15)6-8-9(16)2-3-10(17)12(8)11(18)7-14/h2-3,11,16-18H,4-7,15H2,1H3. The topological polar surface area (TPSA) is 105 Å². The van der Waals surface area contributed by atoms with Crippen LogP contribution in [0.3, 0.4) is 0 Å². The number of phenolic OH excluding ortho intramolecular Hbond substituents is 2. The highest BCUT2D eigenvalue weighted by Gasteiger charge is 2.54. The van der Waals surface area contributed by atoms with E-state index in [1.165, 1.54) is 12.1 Å². The number of ether oxygens (including phenoxy) is 2. The zero-order valence-electron chi connectivity index (χ0n) is 11.3. The molecule has 5 N–H and O–H groups in total. The van der Waals surface area contributed by atoms with E-state index >= 15 is 0 Å². The van der Waals surface area contributed by atoms with Gasteiger partial charge in [0.25, 0.3) is 0 Å². The Morgan fingerprint density at radius 2 is 1.80 bits per heavy atom. The van der Waals surface area contributed by atoms with Crippen molar-refractivity contribution < 1.29 is 24.8 Å². The lowest BCUT2D eigenvalue weighted by molar-refractivity contribution is -0.200. The number of nitrogens with two attached hydrogens (primary N) is 1. The van der Waals surface area contributed by atoms with Crippen LogP contribution in [0, 0.1) is 0 Å². The minimum absolute atomic E-state index is 0.00738. The SMILES string of the molecule is CC1(C2(N)Cc3c(O)ccc(O)c3C(O)C2)OCCO1. The van der Waals surface area contributed by atoms with Crippen LogP contribution in [0.15, 0.2) is 12.1 Å². The summed E-state index contributed by atoms with van der Waals surface area (Å²) in [5, 5.41) is 30.2. The van der Waals surface area contributed by atoms with Gasteiger partial charge in [-0.2, -0.15) is 0 Å². The summed E-state index contributed by atoms with van der Waals surface area (Å²) in [7, 11) is 0. The van der Waals surface area contributed by atoms with E-state index in [-0.39, 0.29) is 24.3 Å². The molecule has 2 unspecified atom stereocenters. The van der Waals surface area contributed by atoms with Crippen LogP contribution in [0.25, 0.3) is 0 Å². The van der Waals surface area contributed by atoms with Crippen molar-refractivity contribution >= 4 is 0 Å². The second-order valence-electron chi connectivity index (χ2n) is 5.69. The average molecular weight is 281 g/mol. The molecule has 0 saturated carbocycles. The summed E-state index contributed by atoms with van der Waals surface area (Å²) in [5.74, 6) is -1.04. The maximum atomic E-state index is 10.3.